The van der Waals surface area contributed by atoms with Gasteiger partial charge in [-0.2, -0.15) is 0 Å². The lowest BCUT2D eigenvalue weighted by molar-refractivity contribution is -0.139. The number of carbonyl (C=O) groups excluding carboxylic acids is 1. The highest BCUT2D eigenvalue weighted by Crippen LogP contribution is 2.35. The number of aromatic nitrogens is 2. The Morgan fingerprint density at radius 2 is 1.77 bits per heavy atom. The maximum Gasteiger partial charge on any atom is 0.227 e. The summed E-state index contributed by atoms with van der Waals surface area (Å²) in [4.78, 5) is 29.6. The van der Waals surface area contributed by atoms with E-state index in [0.29, 0.717) is 26.3 Å². The Hall–Kier alpha value is -2.51. The Morgan fingerprint density at radius 1 is 1.00 bits per heavy atom. The summed E-state index contributed by atoms with van der Waals surface area (Å²) in [5, 5.41) is 0. The standard InChI is InChI=1S/C24H31N5O2/c30-23(28-12-14-31-15-13-28)21-18-27(16-19-6-2-1-3-7-19)17-20(21)22-8-9-25-24(26-22)29-10-4-5-11-29/h1-3,6-9,20-21H,4-5,10-18H2/t20-,21-/m0/s1. The average molecular weight is 422 g/mol. The number of hydrogen-bond acceptors (Lipinski definition) is 6. The van der Waals surface area contributed by atoms with E-state index in [2.05, 4.69) is 39.0 Å². The number of morpholine rings is 1. The highest BCUT2D eigenvalue weighted by atomic mass is 16.5. The molecule has 164 valence electrons. The van der Waals surface area contributed by atoms with E-state index in [4.69, 9.17) is 9.72 Å². The molecule has 7 nitrogen and oxygen atoms in total. The fraction of sp³-hybridized carbons (Fsp3) is 0.542. The van der Waals surface area contributed by atoms with Crippen LogP contribution in [-0.4, -0.2) is 78.2 Å². The van der Waals surface area contributed by atoms with Gasteiger partial charge in [0.25, 0.3) is 0 Å². The summed E-state index contributed by atoms with van der Waals surface area (Å²) >= 11 is 0. The molecule has 0 saturated carbocycles. The van der Waals surface area contributed by atoms with E-state index in [9.17, 15) is 4.79 Å². The molecule has 5 rings (SSSR count). The van der Waals surface area contributed by atoms with Gasteiger partial charge in [0.2, 0.25) is 11.9 Å². The Morgan fingerprint density at radius 3 is 2.55 bits per heavy atom. The van der Waals surface area contributed by atoms with Gasteiger partial charge in [-0.15, -0.1) is 0 Å². The van der Waals surface area contributed by atoms with Gasteiger partial charge in [-0.1, -0.05) is 30.3 Å². The third kappa shape index (κ3) is 4.57. The number of ether oxygens (including phenoxy) is 1. The van der Waals surface area contributed by atoms with Gasteiger partial charge in [0.1, 0.15) is 0 Å². The van der Waals surface area contributed by atoms with Crippen LogP contribution in [0.25, 0.3) is 0 Å². The van der Waals surface area contributed by atoms with Gasteiger partial charge in [0.15, 0.2) is 0 Å². The van der Waals surface area contributed by atoms with Crippen molar-refractivity contribution in [1.82, 2.24) is 19.8 Å². The fourth-order valence-electron chi connectivity index (χ4n) is 5.06. The van der Waals surface area contributed by atoms with Crippen LogP contribution in [0, 0.1) is 5.92 Å². The van der Waals surface area contributed by atoms with Gasteiger partial charge in [0.05, 0.1) is 24.8 Å². The van der Waals surface area contributed by atoms with Crippen LogP contribution < -0.4 is 4.90 Å². The molecule has 3 fully saturated rings. The van der Waals surface area contributed by atoms with E-state index in [1.807, 2.05) is 23.2 Å². The van der Waals surface area contributed by atoms with Crippen molar-refractivity contribution >= 4 is 11.9 Å². The maximum atomic E-state index is 13.5. The molecule has 0 unspecified atom stereocenters. The minimum absolute atomic E-state index is 0.0804. The normalized spacial score (nSPS) is 24.6. The highest BCUT2D eigenvalue weighted by molar-refractivity contribution is 5.80. The van der Waals surface area contributed by atoms with E-state index >= 15 is 0 Å². The van der Waals surface area contributed by atoms with E-state index in [0.717, 1.165) is 44.4 Å². The first-order valence-corrected chi connectivity index (χ1v) is 11.5. The van der Waals surface area contributed by atoms with Crippen LogP contribution in [-0.2, 0) is 16.1 Å². The van der Waals surface area contributed by atoms with Crippen LogP contribution in [0.15, 0.2) is 42.6 Å². The average Bonchev–Trinajstić information content (AvgIpc) is 3.51. The first-order chi connectivity index (χ1) is 15.3. The highest BCUT2D eigenvalue weighted by Gasteiger charge is 2.41. The first-order valence-electron chi connectivity index (χ1n) is 11.5. The topological polar surface area (TPSA) is 61.8 Å². The van der Waals surface area contributed by atoms with Gasteiger partial charge < -0.3 is 14.5 Å². The summed E-state index contributed by atoms with van der Waals surface area (Å²) in [5.74, 6) is 1.06. The van der Waals surface area contributed by atoms with Crippen molar-refractivity contribution in [2.24, 2.45) is 5.92 Å². The second-order valence-electron chi connectivity index (χ2n) is 8.81. The lowest BCUT2D eigenvalue weighted by Crippen LogP contribution is -2.45. The van der Waals surface area contributed by atoms with Gasteiger partial charge in [-0.25, -0.2) is 9.97 Å². The summed E-state index contributed by atoms with van der Waals surface area (Å²) in [6.07, 6.45) is 4.26. The number of anilines is 1. The molecule has 3 saturated heterocycles. The van der Waals surface area contributed by atoms with E-state index < -0.39 is 0 Å². The van der Waals surface area contributed by atoms with Gasteiger partial charge in [0, 0.05) is 57.9 Å². The van der Waals surface area contributed by atoms with Crippen molar-refractivity contribution in [3.8, 4) is 0 Å². The quantitative estimate of drug-likeness (QED) is 0.737. The molecule has 31 heavy (non-hydrogen) atoms. The van der Waals surface area contributed by atoms with Crippen molar-refractivity contribution in [2.75, 3.05) is 57.4 Å². The Balaban J connectivity index is 1.39. The number of likely N-dealkylation sites (tertiary alicyclic amines) is 1. The number of rotatable bonds is 5. The second-order valence-corrected chi connectivity index (χ2v) is 8.81. The minimum atomic E-state index is -0.0804. The van der Waals surface area contributed by atoms with E-state index in [1.165, 1.54) is 18.4 Å². The zero-order chi connectivity index (χ0) is 21.0. The molecule has 1 aromatic heterocycles. The predicted octanol–water partition coefficient (Wildman–Crippen LogP) is 2.15. The minimum Gasteiger partial charge on any atom is -0.378 e. The Bertz CT molecular complexity index is 881. The summed E-state index contributed by atoms with van der Waals surface area (Å²) in [5.41, 5.74) is 2.28. The molecule has 2 atom stereocenters. The smallest absolute Gasteiger partial charge is 0.227 e. The molecule has 0 spiro atoms. The molecule has 4 heterocycles. The molecule has 3 aliphatic rings. The number of hydrogen-bond donors (Lipinski definition) is 0. The van der Waals surface area contributed by atoms with Crippen LogP contribution in [0.4, 0.5) is 5.95 Å². The third-order valence-electron chi connectivity index (χ3n) is 6.72. The molecule has 2 aromatic rings. The molecule has 0 bridgehead atoms. The number of nitrogens with zero attached hydrogens (tertiary/aromatic N) is 5. The SMILES string of the molecule is O=C([C@H]1CN(Cc2ccccc2)C[C@@H]1c1ccnc(N2CCCC2)n1)N1CCOCC1. The number of amides is 1. The molecule has 3 aliphatic heterocycles. The molecule has 0 N–H and O–H groups in total. The summed E-state index contributed by atoms with van der Waals surface area (Å²) < 4.78 is 5.47. The molecule has 1 amide bonds. The number of carbonyl (C=O) groups is 1. The molecule has 1 aromatic carbocycles. The van der Waals surface area contributed by atoms with Crippen LogP contribution in [0.3, 0.4) is 0 Å². The van der Waals surface area contributed by atoms with Crippen molar-refractivity contribution in [2.45, 2.75) is 25.3 Å². The molecular weight excluding hydrogens is 390 g/mol. The molecule has 0 radical (unpaired) electrons. The predicted molar refractivity (Wildman–Crippen MR) is 119 cm³/mol. The van der Waals surface area contributed by atoms with Gasteiger partial charge >= 0.3 is 0 Å². The summed E-state index contributed by atoms with van der Waals surface area (Å²) in [6.45, 7) is 7.12. The first kappa shape index (κ1) is 20.4. The van der Waals surface area contributed by atoms with Crippen molar-refractivity contribution < 1.29 is 9.53 Å². The lowest BCUT2D eigenvalue weighted by atomic mass is 9.91. The third-order valence-corrected chi connectivity index (χ3v) is 6.72. The van der Waals surface area contributed by atoms with E-state index in [1.54, 1.807) is 0 Å². The van der Waals surface area contributed by atoms with Crippen molar-refractivity contribution in [3.05, 3.63) is 53.9 Å². The van der Waals surface area contributed by atoms with Crippen LogP contribution in [0.5, 0.6) is 0 Å². The fourth-order valence-corrected chi connectivity index (χ4v) is 5.06. The molecule has 7 heteroatoms. The largest absolute Gasteiger partial charge is 0.378 e. The van der Waals surface area contributed by atoms with Gasteiger partial charge in [-0.05, 0) is 24.5 Å². The second kappa shape index (κ2) is 9.32. The lowest BCUT2D eigenvalue weighted by Gasteiger charge is -2.31. The van der Waals surface area contributed by atoms with Crippen LogP contribution in [0.1, 0.15) is 30.0 Å². The van der Waals surface area contributed by atoms with Gasteiger partial charge in [-0.3, -0.25) is 9.69 Å². The zero-order valence-electron chi connectivity index (χ0n) is 18.0. The Kier molecular flexibility index (Phi) is 6.13. The Labute approximate surface area is 184 Å². The van der Waals surface area contributed by atoms with Crippen molar-refractivity contribution in [1.29, 1.82) is 0 Å². The monoisotopic (exact) mass is 421 g/mol. The summed E-state index contributed by atoms with van der Waals surface area (Å²) in [6, 6.07) is 12.5. The maximum absolute atomic E-state index is 13.5. The molecular formula is C24H31N5O2. The van der Waals surface area contributed by atoms with Crippen molar-refractivity contribution in [3.63, 3.8) is 0 Å². The van der Waals surface area contributed by atoms with Crippen LogP contribution in [0.2, 0.25) is 0 Å². The molecule has 0 aliphatic carbocycles. The number of benzene rings is 1. The van der Waals surface area contributed by atoms with Crippen LogP contribution >= 0.6 is 0 Å². The van der Waals surface area contributed by atoms with E-state index in [-0.39, 0.29) is 17.7 Å². The zero-order valence-corrected chi connectivity index (χ0v) is 18.0. The summed E-state index contributed by atoms with van der Waals surface area (Å²) in [7, 11) is 0.